The van der Waals surface area contributed by atoms with Gasteiger partial charge < -0.3 is 18.9 Å². The Balaban J connectivity index is 2.82. The second kappa shape index (κ2) is 14.1. The SMILES string of the molecule is COCC(C)C(C)c1cc(COCCOCCC(C)C)cc(C(OC)C(C)C)c1. The lowest BCUT2D eigenvalue weighted by molar-refractivity contribution is 0.0368. The Morgan fingerprint density at radius 1 is 0.793 bits per heavy atom. The van der Waals surface area contributed by atoms with Crippen molar-refractivity contribution in [3.05, 3.63) is 34.9 Å². The number of ether oxygens (including phenoxy) is 4. The van der Waals surface area contributed by atoms with E-state index in [1.54, 1.807) is 14.2 Å². The number of methoxy groups -OCH3 is 2. The highest BCUT2D eigenvalue weighted by Gasteiger charge is 2.20. The van der Waals surface area contributed by atoms with E-state index in [2.05, 4.69) is 59.7 Å². The molecular weight excluding hydrogens is 364 g/mol. The molecule has 0 saturated carbocycles. The zero-order valence-corrected chi connectivity index (χ0v) is 20.0. The van der Waals surface area contributed by atoms with E-state index in [0.29, 0.717) is 43.5 Å². The highest BCUT2D eigenvalue weighted by Crippen LogP contribution is 2.32. The molecule has 0 aliphatic rings. The summed E-state index contributed by atoms with van der Waals surface area (Å²) in [7, 11) is 3.56. The van der Waals surface area contributed by atoms with Gasteiger partial charge in [0, 0.05) is 27.4 Å². The molecule has 0 aliphatic heterocycles. The first-order chi connectivity index (χ1) is 13.8. The van der Waals surface area contributed by atoms with Gasteiger partial charge in [-0.2, -0.15) is 0 Å². The van der Waals surface area contributed by atoms with Crippen LogP contribution in [0.3, 0.4) is 0 Å². The van der Waals surface area contributed by atoms with E-state index in [0.717, 1.165) is 19.6 Å². The highest BCUT2D eigenvalue weighted by molar-refractivity contribution is 5.34. The molecule has 0 bridgehead atoms. The minimum absolute atomic E-state index is 0.0815. The second-order valence-electron chi connectivity index (χ2n) is 8.98. The lowest BCUT2D eigenvalue weighted by Crippen LogP contribution is -2.15. The topological polar surface area (TPSA) is 36.9 Å². The third-order valence-electron chi connectivity index (χ3n) is 5.51. The maximum atomic E-state index is 5.91. The lowest BCUT2D eigenvalue weighted by atomic mass is 9.86. The fourth-order valence-electron chi connectivity index (χ4n) is 3.51. The first-order valence-corrected chi connectivity index (χ1v) is 11.1. The van der Waals surface area contributed by atoms with Crippen LogP contribution in [0.5, 0.6) is 0 Å². The number of hydrogen-bond acceptors (Lipinski definition) is 4. The van der Waals surface area contributed by atoms with Crippen molar-refractivity contribution in [2.75, 3.05) is 40.6 Å². The number of benzene rings is 1. The fraction of sp³-hybridized carbons (Fsp3) is 0.760. The molecule has 4 nitrogen and oxygen atoms in total. The van der Waals surface area contributed by atoms with Crippen LogP contribution in [-0.4, -0.2) is 40.6 Å². The lowest BCUT2D eigenvalue weighted by Gasteiger charge is -2.25. The van der Waals surface area contributed by atoms with Gasteiger partial charge in [0.1, 0.15) is 0 Å². The average molecular weight is 409 g/mol. The first-order valence-electron chi connectivity index (χ1n) is 11.1. The molecule has 0 radical (unpaired) electrons. The van der Waals surface area contributed by atoms with E-state index < -0.39 is 0 Å². The van der Waals surface area contributed by atoms with Crippen LogP contribution in [0.15, 0.2) is 18.2 Å². The van der Waals surface area contributed by atoms with Crippen molar-refractivity contribution in [1.82, 2.24) is 0 Å². The molecule has 0 spiro atoms. The molecule has 1 rings (SSSR count). The molecule has 29 heavy (non-hydrogen) atoms. The molecule has 0 N–H and O–H groups in total. The first kappa shape index (κ1) is 26.1. The third-order valence-corrected chi connectivity index (χ3v) is 5.51. The summed E-state index contributed by atoms with van der Waals surface area (Å²) in [4.78, 5) is 0. The molecule has 1 aromatic carbocycles. The molecule has 0 fully saturated rings. The van der Waals surface area contributed by atoms with E-state index in [9.17, 15) is 0 Å². The van der Waals surface area contributed by atoms with Gasteiger partial charge in [-0.1, -0.05) is 59.7 Å². The van der Waals surface area contributed by atoms with Gasteiger partial charge in [0.2, 0.25) is 0 Å². The molecule has 0 amide bonds. The molecule has 1 aromatic rings. The van der Waals surface area contributed by atoms with Crippen LogP contribution in [-0.2, 0) is 25.6 Å². The molecule has 0 saturated heterocycles. The van der Waals surface area contributed by atoms with Crippen molar-refractivity contribution in [3.8, 4) is 0 Å². The maximum Gasteiger partial charge on any atom is 0.0844 e. The van der Waals surface area contributed by atoms with Gasteiger partial charge in [0.05, 0.1) is 25.9 Å². The van der Waals surface area contributed by atoms with Crippen LogP contribution in [0.2, 0.25) is 0 Å². The number of rotatable bonds is 15. The molecule has 168 valence electrons. The van der Waals surface area contributed by atoms with Gasteiger partial charge in [-0.25, -0.2) is 0 Å². The summed E-state index contributed by atoms with van der Waals surface area (Å²) in [6.07, 6.45) is 1.18. The predicted octanol–water partition coefficient (Wildman–Crippen LogP) is 6.00. The number of hydrogen-bond donors (Lipinski definition) is 0. The van der Waals surface area contributed by atoms with Crippen molar-refractivity contribution >= 4 is 0 Å². The van der Waals surface area contributed by atoms with Gasteiger partial charge in [0.25, 0.3) is 0 Å². The van der Waals surface area contributed by atoms with E-state index >= 15 is 0 Å². The van der Waals surface area contributed by atoms with Crippen molar-refractivity contribution in [3.63, 3.8) is 0 Å². The highest BCUT2D eigenvalue weighted by atomic mass is 16.5. The summed E-state index contributed by atoms with van der Waals surface area (Å²) in [5, 5.41) is 0. The zero-order chi connectivity index (χ0) is 21.8. The summed E-state index contributed by atoms with van der Waals surface area (Å²) in [6.45, 7) is 16.7. The van der Waals surface area contributed by atoms with Crippen molar-refractivity contribution in [2.24, 2.45) is 17.8 Å². The van der Waals surface area contributed by atoms with E-state index in [-0.39, 0.29) is 6.10 Å². The molecule has 0 aromatic heterocycles. The monoisotopic (exact) mass is 408 g/mol. The van der Waals surface area contributed by atoms with Gasteiger partial charge in [-0.05, 0) is 46.8 Å². The van der Waals surface area contributed by atoms with Crippen LogP contribution in [0.4, 0.5) is 0 Å². The normalized spacial score (nSPS) is 15.1. The van der Waals surface area contributed by atoms with Crippen LogP contribution < -0.4 is 0 Å². The molecule has 4 heteroatoms. The Morgan fingerprint density at radius 3 is 2.03 bits per heavy atom. The van der Waals surface area contributed by atoms with E-state index in [1.807, 2.05) is 0 Å². The van der Waals surface area contributed by atoms with Gasteiger partial charge in [-0.3, -0.25) is 0 Å². The van der Waals surface area contributed by atoms with Crippen LogP contribution >= 0.6 is 0 Å². The molecule has 0 aliphatic carbocycles. The Morgan fingerprint density at radius 2 is 1.45 bits per heavy atom. The minimum Gasteiger partial charge on any atom is -0.384 e. The largest absolute Gasteiger partial charge is 0.384 e. The van der Waals surface area contributed by atoms with Crippen molar-refractivity contribution < 1.29 is 18.9 Å². The Labute approximate surface area is 179 Å². The maximum absolute atomic E-state index is 5.91. The van der Waals surface area contributed by atoms with Crippen molar-refractivity contribution in [2.45, 2.75) is 66.6 Å². The van der Waals surface area contributed by atoms with Gasteiger partial charge in [-0.15, -0.1) is 0 Å². The Hall–Kier alpha value is -0.940. The molecule has 0 heterocycles. The van der Waals surface area contributed by atoms with Gasteiger partial charge >= 0.3 is 0 Å². The minimum atomic E-state index is 0.0815. The van der Waals surface area contributed by atoms with Crippen LogP contribution in [0, 0.1) is 17.8 Å². The summed E-state index contributed by atoms with van der Waals surface area (Å²) >= 11 is 0. The summed E-state index contributed by atoms with van der Waals surface area (Å²) in [6, 6.07) is 6.79. The summed E-state index contributed by atoms with van der Waals surface area (Å²) in [5.74, 6) is 1.93. The summed E-state index contributed by atoms with van der Waals surface area (Å²) in [5.41, 5.74) is 3.74. The Bertz CT molecular complexity index is 556. The zero-order valence-electron chi connectivity index (χ0n) is 20.0. The smallest absolute Gasteiger partial charge is 0.0844 e. The van der Waals surface area contributed by atoms with Crippen LogP contribution in [0.25, 0.3) is 0 Å². The Kier molecular flexibility index (Phi) is 12.7. The van der Waals surface area contributed by atoms with Crippen molar-refractivity contribution in [1.29, 1.82) is 0 Å². The predicted molar refractivity (Wildman–Crippen MR) is 120 cm³/mol. The average Bonchev–Trinajstić information content (AvgIpc) is 2.66. The van der Waals surface area contributed by atoms with Crippen LogP contribution in [0.1, 0.15) is 76.7 Å². The standard InChI is InChI=1S/C25H44O4/c1-18(2)9-10-28-11-12-29-17-22-13-23(21(6)20(5)16-26-7)15-24(14-22)25(27-8)19(3)4/h13-15,18-21,25H,9-12,16-17H2,1-8H3. The third kappa shape index (κ3) is 9.61. The quantitative estimate of drug-likeness (QED) is 0.334. The van der Waals surface area contributed by atoms with E-state index in [4.69, 9.17) is 18.9 Å². The van der Waals surface area contributed by atoms with E-state index in [1.165, 1.54) is 16.7 Å². The molecule has 3 unspecified atom stereocenters. The molecular formula is C25H44O4. The second-order valence-corrected chi connectivity index (χ2v) is 8.98. The summed E-state index contributed by atoms with van der Waals surface area (Å²) < 4.78 is 22.7. The molecule has 3 atom stereocenters. The van der Waals surface area contributed by atoms with Gasteiger partial charge in [0.15, 0.2) is 0 Å². The fourth-order valence-corrected chi connectivity index (χ4v) is 3.51.